The Kier molecular flexibility index (Phi) is 6.61. The molecule has 0 radical (unpaired) electrons. The summed E-state index contributed by atoms with van der Waals surface area (Å²) in [5, 5.41) is 3.79. The van der Waals surface area contributed by atoms with Gasteiger partial charge >= 0.3 is 0 Å². The first-order valence-corrected chi connectivity index (χ1v) is 12.7. The van der Waals surface area contributed by atoms with Gasteiger partial charge in [0.1, 0.15) is 11.9 Å². The fourth-order valence-corrected chi connectivity index (χ4v) is 5.72. The van der Waals surface area contributed by atoms with Gasteiger partial charge in [-0.05, 0) is 68.0 Å². The smallest absolute Gasteiger partial charge is 0.248 e. The molecule has 180 valence electrons. The van der Waals surface area contributed by atoms with Gasteiger partial charge < -0.3 is 9.88 Å². The number of carbonyl (C=O) groups is 1. The van der Waals surface area contributed by atoms with Crippen LogP contribution in [-0.2, 0) is 4.79 Å². The maximum absolute atomic E-state index is 13.9. The summed E-state index contributed by atoms with van der Waals surface area (Å²) in [6, 6.07) is 14.7. The molecule has 1 atom stereocenters. The maximum atomic E-state index is 13.9. The second-order valence-electron chi connectivity index (χ2n) is 9.78. The molecule has 0 bridgehead atoms. The molecule has 2 aromatic carbocycles. The van der Waals surface area contributed by atoms with Gasteiger partial charge in [0.05, 0.1) is 11.0 Å². The Morgan fingerprint density at radius 2 is 1.68 bits per heavy atom. The normalized spacial score (nSPS) is 20.3. The molecular weight excluding hydrogens is 456 g/mol. The summed E-state index contributed by atoms with van der Waals surface area (Å²) in [4.78, 5) is 18.8. The molecule has 7 heteroatoms. The Labute approximate surface area is 203 Å². The van der Waals surface area contributed by atoms with E-state index in [0.29, 0.717) is 17.9 Å². The number of alkyl halides is 2. The molecule has 0 aliphatic heterocycles. The van der Waals surface area contributed by atoms with Gasteiger partial charge in [-0.2, -0.15) is 0 Å². The van der Waals surface area contributed by atoms with Crippen molar-refractivity contribution in [2.24, 2.45) is 5.92 Å². The molecule has 5 rings (SSSR count). The number of hydrogen-bond donors (Lipinski definition) is 1. The lowest BCUT2D eigenvalue weighted by Gasteiger charge is -2.34. The molecule has 0 saturated heterocycles. The van der Waals surface area contributed by atoms with Gasteiger partial charge in [-0.3, -0.25) is 4.79 Å². The zero-order valence-corrected chi connectivity index (χ0v) is 19.9. The van der Waals surface area contributed by atoms with Crippen LogP contribution in [0.2, 0.25) is 5.02 Å². The van der Waals surface area contributed by atoms with Gasteiger partial charge in [-0.1, -0.05) is 43.0 Å². The maximum Gasteiger partial charge on any atom is 0.248 e. The summed E-state index contributed by atoms with van der Waals surface area (Å²) in [7, 11) is 0. The molecule has 1 heterocycles. The predicted octanol–water partition coefficient (Wildman–Crippen LogP) is 7.17. The van der Waals surface area contributed by atoms with Gasteiger partial charge in [-0.15, -0.1) is 0 Å². The van der Waals surface area contributed by atoms with E-state index in [1.165, 1.54) is 6.42 Å². The van der Waals surface area contributed by atoms with Crippen molar-refractivity contribution in [3.05, 3.63) is 53.6 Å². The Bertz CT molecular complexity index is 1140. The number of nitrogens with one attached hydrogen (secondary N) is 1. The monoisotopic (exact) mass is 485 g/mol. The summed E-state index contributed by atoms with van der Waals surface area (Å²) in [6.07, 6.45) is 5.57. The fraction of sp³-hybridized carbons (Fsp3) is 0.481. The number of hydrogen-bond acceptors (Lipinski definition) is 2. The molecule has 2 aliphatic carbocycles. The van der Waals surface area contributed by atoms with E-state index in [-0.39, 0.29) is 30.7 Å². The number of imidazole rings is 1. The van der Waals surface area contributed by atoms with Crippen LogP contribution in [0, 0.1) is 5.92 Å². The zero-order chi connectivity index (χ0) is 23.7. The van der Waals surface area contributed by atoms with Crippen molar-refractivity contribution in [1.82, 2.24) is 14.9 Å². The van der Waals surface area contributed by atoms with Crippen LogP contribution in [0.4, 0.5) is 8.78 Å². The molecule has 1 aromatic heterocycles. The molecule has 1 amide bonds. The van der Waals surface area contributed by atoms with E-state index in [0.717, 1.165) is 48.1 Å². The standard InChI is InChI=1S/C27H30ClF2N3O/c28-20-12-10-19(11-13-20)25-32-22-8-4-5-9-23(22)33(25)24(18-6-2-1-3-7-18)26(34)31-21-14-16-27(29,30)17-15-21/h4-5,8-13,18,21,24H,1-3,6-7,14-17H2,(H,31,34). The summed E-state index contributed by atoms with van der Waals surface area (Å²) < 4.78 is 29.5. The number of rotatable bonds is 5. The molecule has 34 heavy (non-hydrogen) atoms. The second kappa shape index (κ2) is 9.65. The highest BCUT2D eigenvalue weighted by Gasteiger charge is 2.38. The lowest BCUT2D eigenvalue weighted by molar-refractivity contribution is -0.128. The number of carbonyl (C=O) groups excluding carboxylic acids is 1. The second-order valence-corrected chi connectivity index (χ2v) is 10.2. The molecule has 2 saturated carbocycles. The minimum absolute atomic E-state index is 0.0829. The molecular formula is C27H30ClF2N3O. The lowest BCUT2D eigenvalue weighted by atomic mass is 9.82. The topological polar surface area (TPSA) is 46.9 Å². The molecule has 1 unspecified atom stereocenters. The number of nitrogens with zero attached hydrogens (tertiary/aromatic N) is 2. The molecule has 2 aliphatic rings. The minimum Gasteiger partial charge on any atom is -0.352 e. The van der Waals surface area contributed by atoms with E-state index in [1.54, 1.807) is 0 Å². The van der Waals surface area contributed by atoms with E-state index < -0.39 is 12.0 Å². The molecule has 2 fully saturated rings. The SMILES string of the molecule is O=C(NC1CCC(F)(F)CC1)C(C1CCCCC1)n1c(-c2ccc(Cl)cc2)nc2ccccc21. The Morgan fingerprint density at radius 1 is 1.00 bits per heavy atom. The Hall–Kier alpha value is -2.47. The molecule has 3 aromatic rings. The Balaban J connectivity index is 1.56. The van der Waals surface area contributed by atoms with Crippen LogP contribution in [0.25, 0.3) is 22.4 Å². The first-order valence-electron chi connectivity index (χ1n) is 12.3. The van der Waals surface area contributed by atoms with Crippen molar-refractivity contribution < 1.29 is 13.6 Å². The van der Waals surface area contributed by atoms with Gasteiger partial charge in [0.2, 0.25) is 11.8 Å². The average molecular weight is 486 g/mol. The van der Waals surface area contributed by atoms with Crippen LogP contribution < -0.4 is 5.32 Å². The van der Waals surface area contributed by atoms with Crippen molar-refractivity contribution in [2.45, 2.75) is 75.8 Å². The van der Waals surface area contributed by atoms with Crippen LogP contribution in [0.3, 0.4) is 0 Å². The van der Waals surface area contributed by atoms with E-state index in [2.05, 4.69) is 9.88 Å². The van der Waals surface area contributed by atoms with E-state index in [9.17, 15) is 13.6 Å². The highest BCUT2D eigenvalue weighted by molar-refractivity contribution is 6.30. The third kappa shape index (κ3) is 4.83. The summed E-state index contributed by atoms with van der Waals surface area (Å²) in [5.41, 5.74) is 2.64. The van der Waals surface area contributed by atoms with E-state index in [4.69, 9.17) is 16.6 Å². The van der Waals surface area contributed by atoms with Crippen molar-refractivity contribution in [3.8, 4) is 11.4 Å². The van der Waals surface area contributed by atoms with Crippen molar-refractivity contribution >= 4 is 28.5 Å². The van der Waals surface area contributed by atoms with Crippen LogP contribution in [0.1, 0.15) is 63.8 Å². The van der Waals surface area contributed by atoms with Gasteiger partial charge in [-0.25, -0.2) is 13.8 Å². The third-order valence-electron chi connectivity index (χ3n) is 7.40. The minimum atomic E-state index is -2.62. The van der Waals surface area contributed by atoms with Crippen LogP contribution in [0.5, 0.6) is 0 Å². The third-order valence-corrected chi connectivity index (χ3v) is 7.66. The van der Waals surface area contributed by atoms with Gasteiger partial charge in [0.25, 0.3) is 0 Å². The molecule has 1 N–H and O–H groups in total. The van der Waals surface area contributed by atoms with E-state index >= 15 is 0 Å². The number of para-hydroxylation sites is 2. The number of halogens is 3. The van der Waals surface area contributed by atoms with Gasteiger partial charge in [0, 0.05) is 29.5 Å². The summed E-state index contributed by atoms with van der Waals surface area (Å²) in [6.45, 7) is 0. The summed E-state index contributed by atoms with van der Waals surface area (Å²) in [5.74, 6) is -1.80. The van der Waals surface area contributed by atoms with Gasteiger partial charge in [0.15, 0.2) is 0 Å². The molecule has 0 spiro atoms. The zero-order valence-electron chi connectivity index (χ0n) is 19.2. The fourth-order valence-electron chi connectivity index (χ4n) is 5.59. The highest BCUT2D eigenvalue weighted by atomic mass is 35.5. The largest absolute Gasteiger partial charge is 0.352 e. The van der Waals surface area contributed by atoms with Crippen molar-refractivity contribution in [2.75, 3.05) is 0 Å². The highest BCUT2D eigenvalue weighted by Crippen LogP contribution is 2.39. The number of amides is 1. The average Bonchev–Trinajstić information content (AvgIpc) is 3.21. The summed E-state index contributed by atoms with van der Waals surface area (Å²) >= 11 is 6.14. The van der Waals surface area contributed by atoms with Crippen LogP contribution in [-0.4, -0.2) is 27.4 Å². The number of fused-ring (bicyclic) bond motifs is 1. The number of aromatic nitrogens is 2. The van der Waals surface area contributed by atoms with Crippen molar-refractivity contribution in [1.29, 1.82) is 0 Å². The van der Waals surface area contributed by atoms with E-state index in [1.807, 2.05) is 48.5 Å². The van der Waals surface area contributed by atoms with Crippen molar-refractivity contribution in [3.63, 3.8) is 0 Å². The first kappa shape index (κ1) is 23.3. The predicted molar refractivity (Wildman–Crippen MR) is 131 cm³/mol. The number of benzene rings is 2. The quantitative estimate of drug-likeness (QED) is 0.416. The lowest BCUT2D eigenvalue weighted by Crippen LogP contribution is -2.45. The molecule has 4 nitrogen and oxygen atoms in total. The Morgan fingerprint density at radius 3 is 2.38 bits per heavy atom. The van der Waals surface area contributed by atoms with Crippen LogP contribution in [0.15, 0.2) is 48.5 Å². The van der Waals surface area contributed by atoms with Crippen LogP contribution >= 0.6 is 11.6 Å². The first-order chi connectivity index (χ1) is 16.4.